The molecule has 3 heterocycles. The van der Waals surface area contributed by atoms with E-state index in [0.717, 1.165) is 29.3 Å². The summed E-state index contributed by atoms with van der Waals surface area (Å²) >= 11 is 0. The second-order valence-electron chi connectivity index (χ2n) is 5.58. The van der Waals surface area contributed by atoms with E-state index in [9.17, 15) is 0 Å². The second-order valence-corrected chi connectivity index (χ2v) is 5.58. The van der Waals surface area contributed by atoms with Gasteiger partial charge in [-0.05, 0) is 24.3 Å². The van der Waals surface area contributed by atoms with Crippen LogP contribution in [-0.2, 0) is 6.54 Å². The first-order valence-electron chi connectivity index (χ1n) is 8.05. The maximum Gasteiger partial charge on any atom is 0.193 e. The highest BCUT2D eigenvalue weighted by Crippen LogP contribution is 2.32. The fraction of sp³-hybridized carbons (Fsp3) is 0.235. The smallest absolute Gasteiger partial charge is 0.193 e. The molecule has 0 bridgehead atoms. The molecule has 0 radical (unpaired) electrons. The molecule has 0 spiro atoms. The van der Waals surface area contributed by atoms with Crippen LogP contribution >= 0.6 is 24.0 Å². The predicted octanol–water partition coefficient (Wildman–Crippen LogP) is 2.44. The Kier molecular flexibility index (Phi) is 5.76. The van der Waals surface area contributed by atoms with Crippen LogP contribution in [0.15, 0.2) is 47.6 Å². The molecule has 26 heavy (non-hydrogen) atoms. The van der Waals surface area contributed by atoms with Crippen molar-refractivity contribution in [3.05, 3.63) is 48.4 Å². The lowest BCUT2D eigenvalue weighted by Crippen LogP contribution is -2.22. The van der Waals surface area contributed by atoms with Gasteiger partial charge in [-0.1, -0.05) is 6.07 Å². The molecular formula is C17H19IN6O2. The molecule has 0 fully saturated rings. The molecule has 0 aliphatic carbocycles. The zero-order chi connectivity index (χ0) is 17.1. The first-order chi connectivity index (χ1) is 12.3. The van der Waals surface area contributed by atoms with Crippen molar-refractivity contribution in [2.24, 2.45) is 10.7 Å². The highest BCUT2D eigenvalue weighted by atomic mass is 127. The number of pyridine rings is 1. The molecule has 3 aromatic rings. The van der Waals surface area contributed by atoms with Crippen molar-refractivity contribution in [3.8, 4) is 11.5 Å². The third-order valence-corrected chi connectivity index (χ3v) is 3.80. The minimum Gasteiger partial charge on any atom is -0.490 e. The summed E-state index contributed by atoms with van der Waals surface area (Å²) in [5.41, 5.74) is 7.55. The maximum atomic E-state index is 5.98. The molecule has 8 nitrogen and oxygen atoms in total. The van der Waals surface area contributed by atoms with Gasteiger partial charge in [0.2, 0.25) is 0 Å². The van der Waals surface area contributed by atoms with E-state index in [-0.39, 0.29) is 24.0 Å². The first kappa shape index (κ1) is 18.2. The number of guanidine groups is 1. The zero-order valence-electron chi connectivity index (χ0n) is 14.0. The van der Waals surface area contributed by atoms with Crippen LogP contribution in [-0.4, -0.2) is 33.8 Å². The van der Waals surface area contributed by atoms with Crippen molar-refractivity contribution in [2.75, 3.05) is 18.5 Å². The number of aromatic nitrogens is 3. The SMILES string of the molecule is I.NC(=NCc1nnc2ccccn12)Nc1ccc2c(c1)OCCCO2. The fourth-order valence-electron chi connectivity index (χ4n) is 2.58. The summed E-state index contributed by atoms with van der Waals surface area (Å²) in [5, 5.41) is 11.3. The van der Waals surface area contributed by atoms with Crippen LogP contribution in [0.2, 0.25) is 0 Å². The van der Waals surface area contributed by atoms with Gasteiger partial charge in [0.25, 0.3) is 0 Å². The number of anilines is 1. The number of nitrogens with two attached hydrogens (primary N) is 1. The highest BCUT2D eigenvalue weighted by molar-refractivity contribution is 14.0. The molecule has 136 valence electrons. The monoisotopic (exact) mass is 466 g/mol. The van der Waals surface area contributed by atoms with Gasteiger partial charge in [0.05, 0.1) is 13.2 Å². The minimum atomic E-state index is 0. The molecule has 0 saturated carbocycles. The Bertz CT molecular complexity index is 927. The standard InChI is InChI=1S/C17H18N6O2.HI/c18-17(19-11-16-22-21-15-4-1-2-7-23(15)16)20-12-5-6-13-14(10-12)25-9-3-8-24-13;/h1-2,4-7,10H,3,8-9,11H2,(H3,18,19,20);1H. The molecule has 0 unspecified atom stereocenters. The van der Waals surface area contributed by atoms with Crippen molar-refractivity contribution in [3.63, 3.8) is 0 Å². The average Bonchev–Trinajstić information content (AvgIpc) is 2.89. The van der Waals surface area contributed by atoms with Crippen molar-refractivity contribution in [1.29, 1.82) is 0 Å². The fourth-order valence-corrected chi connectivity index (χ4v) is 2.58. The molecule has 0 atom stereocenters. The van der Waals surface area contributed by atoms with Gasteiger partial charge in [-0.2, -0.15) is 0 Å². The lowest BCUT2D eigenvalue weighted by atomic mass is 10.3. The summed E-state index contributed by atoms with van der Waals surface area (Å²) in [7, 11) is 0. The Hall–Kier alpha value is -2.56. The van der Waals surface area contributed by atoms with E-state index in [4.69, 9.17) is 15.2 Å². The Morgan fingerprint density at radius 2 is 2.00 bits per heavy atom. The van der Waals surface area contributed by atoms with Gasteiger partial charge in [-0.25, -0.2) is 4.99 Å². The number of nitrogens with one attached hydrogen (secondary N) is 1. The molecule has 1 aliphatic heterocycles. The summed E-state index contributed by atoms with van der Waals surface area (Å²) in [6.45, 7) is 1.63. The van der Waals surface area contributed by atoms with Crippen LogP contribution in [0.5, 0.6) is 11.5 Å². The van der Waals surface area contributed by atoms with Gasteiger partial charge in [0.1, 0.15) is 6.54 Å². The Morgan fingerprint density at radius 3 is 2.88 bits per heavy atom. The number of ether oxygens (including phenoxy) is 2. The number of benzene rings is 1. The van der Waals surface area contributed by atoms with E-state index in [0.29, 0.717) is 31.5 Å². The number of hydrogen-bond donors (Lipinski definition) is 2. The molecule has 1 aliphatic rings. The molecule has 4 rings (SSSR count). The number of rotatable bonds is 3. The molecular weight excluding hydrogens is 447 g/mol. The highest BCUT2D eigenvalue weighted by Gasteiger charge is 2.11. The van der Waals surface area contributed by atoms with E-state index in [2.05, 4.69) is 20.5 Å². The van der Waals surface area contributed by atoms with Crippen molar-refractivity contribution in [1.82, 2.24) is 14.6 Å². The van der Waals surface area contributed by atoms with Crippen LogP contribution in [0.1, 0.15) is 12.2 Å². The molecule has 0 saturated heterocycles. The third-order valence-electron chi connectivity index (χ3n) is 3.80. The Balaban J connectivity index is 0.00000196. The number of hydrogen-bond acceptors (Lipinski definition) is 5. The lowest BCUT2D eigenvalue weighted by molar-refractivity contribution is 0.297. The van der Waals surface area contributed by atoms with Crippen LogP contribution in [0, 0.1) is 0 Å². The van der Waals surface area contributed by atoms with E-state index < -0.39 is 0 Å². The zero-order valence-corrected chi connectivity index (χ0v) is 16.3. The third kappa shape index (κ3) is 3.98. The number of fused-ring (bicyclic) bond motifs is 2. The summed E-state index contributed by atoms with van der Waals surface area (Å²) in [4.78, 5) is 4.33. The van der Waals surface area contributed by atoms with Gasteiger partial charge in [0.15, 0.2) is 28.9 Å². The van der Waals surface area contributed by atoms with Gasteiger partial charge in [-0.3, -0.25) is 4.40 Å². The van der Waals surface area contributed by atoms with Gasteiger partial charge in [0, 0.05) is 24.4 Å². The van der Waals surface area contributed by atoms with Gasteiger partial charge < -0.3 is 20.5 Å². The van der Waals surface area contributed by atoms with Crippen LogP contribution in [0.3, 0.4) is 0 Å². The number of nitrogens with zero attached hydrogens (tertiary/aromatic N) is 4. The van der Waals surface area contributed by atoms with Crippen molar-refractivity contribution in [2.45, 2.75) is 13.0 Å². The summed E-state index contributed by atoms with van der Waals surface area (Å²) < 4.78 is 13.2. The topological polar surface area (TPSA) is 99.1 Å². The Labute approximate surface area is 167 Å². The van der Waals surface area contributed by atoms with E-state index >= 15 is 0 Å². The van der Waals surface area contributed by atoms with E-state index in [1.807, 2.05) is 47.0 Å². The first-order valence-corrected chi connectivity index (χ1v) is 8.05. The largest absolute Gasteiger partial charge is 0.490 e. The number of halogens is 1. The summed E-state index contributed by atoms with van der Waals surface area (Å²) in [6, 6.07) is 11.3. The van der Waals surface area contributed by atoms with E-state index in [1.165, 1.54) is 0 Å². The summed E-state index contributed by atoms with van der Waals surface area (Å²) in [6.07, 6.45) is 2.76. The average molecular weight is 466 g/mol. The normalized spacial score (nSPS) is 13.8. The predicted molar refractivity (Wildman–Crippen MR) is 109 cm³/mol. The molecule has 3 N–H and O–H groups in total. The molecule has 0 amide bonds. The lowest BCUT2D eigenvalue weighted by Gasteiger charge is -2.10. The van der Waals surface area contributed by atoms with E-state index in [1.54, 1.807) is 0 Å². The van der Waals surface area contributed by atoms with Gasteiger partial charge >= 0.3 is 0 Å². The second kappa shape index (κ2) is 8.21. The minimum absolute atomic E-state index is 0. The van der Waals surface area contributed by atoms with Crippen LogP contribution in [0.25, 0.3) is 5.65 Å². The van der Waals surface area contributed by atoms with Crippen molar-refractivity contribution >= 4 is 41.3 Å². The molecule has 9 heteroatoms. The van der Waals surface area contributed by atoms with Crippen molar-refractivity contribution < 1.29 is 9.47 Å². The van der Waals surface area contributed by atoms with Gasteiger partial charge in [-0.15, -0.1) is 34.2 Å². The quantitative estimate of drug-likeness (QED) is 0.350. The molecule has 1 aromatic carbocycles. The van der Waals surface area contributed by atoms with Crippen LogP contribution < -0.4 is 20.5 Å². The number of aliphatic imine (C=N–C) groups is 1. The Morgan fingerprint density at radius 1 is 1.15 bits per heavy atom. The maximum absolute atomic E-state index is 5.98. The summed E-state index contributed by atoms with van der Waals surface area (Å²) in [5.74, 6) is 2.47. The molecule has 2 aromatic heterocycles. The van der Waals surface area contributed by atoms with Crippen LogP contribution in [0.4, 0.5) is 5.69 Å².